The molecule has 1 unspecified atom stereocenters. The van der Waals surface area contributed by atoms with E-state index in [1.165, 1.54) is 0 Å². The summed E-state index contributed by atoms with van der Waals surface area (Å²) in [5.41, 5.74) is 2.43. The minimum absolute atomic E-state index is 0.596. The van der Waals surface area contributed by atoms with E-state index in [-0.39, 0.29) is 0 Å². The van der Waals surface area contributed by atoms with Gasteiger partial charge in [0.05, 0.1) is 18.5 Å². The van der Waals surface area contributed by atoms with E-state index in [9.17, 15) is 5.11 Å². The van der Waals surface area contributed by atoms with Crippen LogP contribution in [0.5, 0.6) is 5.75 Å². The number of unbranched alkanes of at least 4 members (excludes halogenated alkanes) is 1. The largest absolute Gasteiger partial charge is 0.493 e. The molecule has 0 amide bonds. The first-order valence-electron chi connectivity index (χ1n) is 8.40. The quantitative estimate of drug-likeness (QED) is 0.493. The maximum atomic E-state index is 10.8. The summed E-state index contributed by atoms with van der Waals surface area (Å²) in [7, 11) is 0. The predicted octanol–water partition coefficient (Wildman–Crippen LogP) is 4.30. The topological polar surface area (TPSA) is 47.3 Å². The van der Waals surface area contributed by atoms with Crippen LogP contribution >= 0.6 is 0 Å². The third kappa shape index (κ3) is 4.17. The Morgan fingerprint density at radius 3 is 2.68 bits per heavy atom. The third-order valence-electron chi connectivity index (χ3n) is 3.96. The van der Waals surface area contributed by atoms with E-state index >= 15 is 0 Å². The molecular weight excluding hydrogens is 312 g/mol. The Morgan fingerprint density at radius 2 is 1.88 bits per heavy atom. The minimum atomic E-state index is -0.784. The number of benzene rings is 2. The second-order valence-corrected chi connectivity index (χ2v) is 5.77. The van der Waals surface area contributed by atoms with Gasteiger partial charge in [-0.05, 0) is 31.0 Å². The average Bonchev–Trinajstić information content (AvgIpc) is 3.16. The lowest BCUT2D eigenvalue weighted by molar-refractivity contribution is 0.210. The van der Waals surface area contributed by atoms with Crippen molar-refractivity contribution in [3.8, 4) is 11.4 Å². The van der Waals surface area contributed by atoms with Crippen LogP contribution in [0.3, 0.4) is 0 Å². The minimum Gasteiger partial charge on any atom is -0.493 e. The van der Waals surface area contributed by atoms with Gasteiger partial charge in [0.25, 0.3) is 0 Å². The van der Waals surface area contributed by atoms with Crippen molar-refractivity contribution in [2.24, 2.45) is 0 Å². The smallest absolute Gasteiger partial charge is 0.125 e. The second-order valence-electron chi connectivity index (χ2n) is 5.77. The Morgan fingerprint density at radius 1 is 1.12 bits per heavy atom. The number of rotatable bonds is 8. The van der Waals surface area contributed by atoms with Crippen LogP contribution in [0.2, 0.25) is 0 Å². The summed E-state index contributed by atoms with van der Waals surface area (Å²) in [6.07, 6.45) is 6.44. The Balaban J connectivity index is 1.78. The van der Waals surface area contributed by atoms with Crippen LogP contribution in [0.15, 0.2) is 79.6 Å². The molecule has 0 aliphatic carbocycles. The summed E-state index contributed by atoms with van der Waals surface area (Å²) in [6.45, 7) is 4.31. The zero-order valence-electron chi connectivity index (χ0n) is 14.1. The van der Waals surface area contributed by atoms with Gasteiger partial charge in [-0.2, -0.15) is 5.10 Å². The van der Waals surface area contributed by atoms with Crippen molar-refractivity contribution in [3.05, 3.63) is 90.8 Å². The maximum absolute atomic E-state index is 10.8. The van der Waals surface area contributed by atoms with E-state index in [0.717, 1.165) is 29.7 Å². The van der Waals surface area contributed by atoms with Gasteiger partial charge in [-0.3, -0.25) is 0 Å². The van der Waals surface area contributed by atoms with Crippen LogP contribution in [0.1, 0.15) is 30.1 Å². The van der Waals surface area contributed by atoms with Gasteiger partial charge in [0.15, 0.2) is 0 Å². The van der Waals surface area contributed by atoms with Crippen molar-refractivity contribution in [1.29, 1.82) is 0 Å². The number of aromatic nitrogens is 2. The number of hydrogen-bond donors (Lipinski definition) is 1. The number of aliphatic hydroxyl groups excluding tert-OH is 1. The lowest BCUT2D eigenvalue weighted by Gasteiger charge is -2.15. The molecule has 3 rings (SSSR count). The lowest BCUT2D eigenvalue weighted by Crippen LogP contribution is -2.04. The zero-order valence-corrected chi connectivity index (χ0v) is 14.1. The summed E-state index contributed by atoms with van der Waals surface area (Å²) in [5, 5.41) is 15.1. The molecule has 2 aromatic carbocycles. The van der Waals surface area contributed by atoms with E-state index in [4.69, 9.17) is 4.74 Å². The molecule has 4 nitrogen and oxygen atoms in total. The van der Waals surface area contributed by atoms with Crippen LogP contribution < -0.4 is 4.74 Å². The summed E-state index contributed by atoms with van der Waals surface area (Å²) >= 11 is 0. The molecule has 1 N–H and O–H groups in total. The first kappa shape index (κ1) is 17.0. The Labute approximate surface area is 148 Å². The van der Waals surface area contributed by atoms with Crippen LogP contribution in [-0.4, -0.2) is 21.5 Å². The molecule has 0 radical (unpaired) electrons. The van der Waals surface area contributed by atoms with Crippen LogP contribution in [0.25, 0.3) is 5.69 Å². The van der Waals surface area contributed by atoms with Crippen molar-refractivity contribution in [2.45, 2.75) is 18.9 Å². The highest BCUT2D eigenvalue weighted by molar-refractivity contribution is 5.40. The average molecular weight is 334 g/mol. The first-order valence-corrected chi connectivity index (χ1v) is 8.40. The highest BCUT2D eigenvalue weighted by Crippen LogP contribution is 2.30. The molecule has 0 aliphatic rings. The highest BCUT2D eigenvalue weighted by Gasteiger charge is 2.17. The standard InChI is InChI=1S/C21H22N2O2/c1-2-3-9-14-25-20-13-8-7-12-19(20)21(24)17-15-22-23(16-17)18-10-5-4-6-11-18/h2,4-8,10-13,15-16,21,24H,1,3,9,14H2. The van der Waals surface area contributed by atoms with E-state index < -0.39 is 6.10 Å². The fourth-order valence-corrected chi connectivity index (χ4v) is 2.63. The van der Waals surface area contributed by atoms with E-state index in [2.05, 4.69) is 11.7 Å². The van der Waals surface area contributed by atoms with Gasteiger partial charge in [-0.1, -0.05) is 42.5 Å². The van der Waals surface area contributed by atoms with E-state index in [1.54, 1.807) is 10.9 Å². The number of hydrogen-bond acceptors (Lipinski definition) is 3. The molecule has 25 heavy (non-hydrogen) atoms. The van der Waals surface area contributed by atoms with Crippen molar-refractivity contribution >= 4 is 0 Å². The number of ether oxygens (including phenoxy) is 1. The number of nitrogens with zero attached hydrogens (tertiary/aromatic N) is 2. The maximum Gasteiger partial charge on any atom is 0.125 e. The molecule has 1 heterocycles. The zero-order chi connectivity index (χ0) is 17.5. The van der Waals surface area contributed by atoms with Gasteiger partial charge >= 0.3 is 0 Å². The van der Waals surface area contributed by atoms with Crippen LogP contribution in [0.4, 0.5) is 0 Å². The van der Waals surface area contributed by atoms with Gasteiger partial charge in [-0.25, -0.2) is 4.68 Å². The van der Waals surface area contributed by atoms with E-state index in [0.29, 0.717) is 12.4 Å². The van der Waals surface area contributed by atoms with Crippen molar-refractivity contribution in [2.75, 3.05) is 6.61 Å². The summed E-state index contributed by atoms with van der Waals surface area (Å²) < 4.78 is 7.59. The summed E-state index contributed by atoms with van der Waals surface area (Å²) in [4.78, 5) is 0. The van der Waals surface area contributed by atoms with Gasteiger partial charge in [0.2, 0.25) is 0 Å². The molecule has 4 heteroatoms. The first-order chi connectivity index (χ1) is 12.3. The highest BCUT2D eigenvalue weighted by atomic mass is 16.5. The second kappa shape index (κ2) is 8.31. The van der Waals surface area contributed by atoms with Crippen LogP contribution in [-0.2, 0) is 0 Å². The van der Waals surface area contributed by atoms with Gasteiger partial charge in [0, 0.05) is 17.3 Å². The molecule has 0 aliphatic heterocycles. The predicted molar refractivity (Wildman–Crippen MR) is 99.0 cm³/mol. The normalized spacial score (nSPS) is 11.9. The van der Waals surface area contributed by atoms with E-state index in [1.807, 2.05) is 66.9 Å². The monoisotopic (exact) mass is 334 g/mol. The van der Waals surface area contributed by atoms with Crippen molar-refractivity contribution in [1.82, 2.24) is 9.78 Å². The molecule has 0 fully saturated rings. The Kier molecular flexibility index (Phi) is 5.65. The number of para-hydroxylation sites is 2. The molecule has 1 atom stereocenters. The molecule has 1 aromatic heterocycles. The van der Waals surface area contributed by atoms with Crippen LogP contribution in [0, 0.1) is 0 Å². The number of allylic oxidation sites excluding steroid dienone is 1. The Hall–Kier alpha value is -2.85. The lowest BCUT2D eigenvalue weighted by atomic mass is 10.0. The van der Waals surface area contributed by atoms with Gasteiger partial charge in [0.1, 0.15) is 11.9 Å². The SMILES string of the molecule is C=CCCCOc1ccccc1C(O)c1cnn(-c2ccccc2)c1. The number of aliphatic hydroxyl groups is 1. The van der Waals surface area contributed by atoms with Crippen molar-refractivity contribution in [3.63, 3.8) is 0 Å². The molecule has 0 bridgehead atoms. The van der Waals surface area contributed by atoms with Gasteiger partial charge in [-0.15, -0.1) is 6.58 Å². The molecule has 3 aromatic rings. The molecule has 0 spiro atoms. The third-order valence-corrected chi connectivity index (χ3v) is 3.96. The van der Waals surface area contributed by atoms with Crippen molar-refractivity contribution < 1.29 is 9.84 Å². The Bertz CT molecular complexity index is 812. The molecule has 0 saturated carbocycles. The fourth-order valence-electron chi connectivity index (χ4n) is 2.63. The summed E-state index contributed by atoms with van der Waals surface area (Å²) in [5.74, 6) is 0.700. The van der Waals surface area contributed by atoms with Gasteiger partial charge < -0.3 is 9.84 Å². The molecular formula is C21H22N2O2. The molecule has 0 saturated heterocycles. The fraction of sp³-hybridized carbons (Fsp3) is 0.190. The molecule has 128 valence electrons. The summed E-state index contributed by atoms with van der Waals surface area (Å²) in [6, 6.07) is 17.4.